The molecule has 0 aliphatic heterocycles. The van der Waals surface area contributed by atoms with Crippen molar-refractivity contribution in [2.45, 2.75) is 52.1 Å². The molecule has 0 saturated heterocycles. The predicted molar refractivity (Wildman–Crippen MR) is 76.0 cm³/mol. The molecule has 0 bridgehead atoms. The number of hydrogen-bond acceptors (Lipinski definition) is 2. The fraction of sp³-hybridized carbons (Fsp3) is 0.625. The summed E-state index contributed by atoms with van der Waals surface area (Å²) in [6.45, 7) is 6.98. The summed E-state index contributed by atoms with van der Waals surface area (Å²) < 4.78 is 5.29. The summed E-state index contributed by atoms with van der Waals surface area (Å²) in [5.74, 6) is 0.937. The van der Waals surface area contributed by atoms with Gasteiger partial charge < -0.3 is 10.1 Å². The van der Waals surface area contributed by atoms with Gasteiger partial charge in [0.2, 0.25) is 0 Å². The van der Waals surface area contributed by atoms with Crippen molar-refractivity contribution >= 4 is 0 Å². The topological polar surface area (TPSA) is 21.3 Å². The van der Waals surface area contributed by atoms with Crippen LogP contribution in [0.25, 0.3) is 0 Å². The molecule has 1 aliphatic carbocycles. The van der Waals surface area contributed by atoms with E-state index in [0.717, 1.165) is 5.75 Å². The largest absolute Gasteiger partial charge is 0.497 e. The van der Waals surface area contributed by atoms with E-state index in [4.69, 9.17) is 4.74 Å². The van der Waals surface area contributed by atoms with Crippen molar-refractivity contribution in [2.75, 3.05) is 7.11 Å². The molecule has 0 spiro atoms. The van der Waals surface area contributed by atoms with Gasteiger partial charge in [-0.05, 0) is 42.9 Å². The Morgan fingerprint density at radius 1 is 1.39 bits per heavy atom. The van der Waals surface area contributed by atoms with Crippen molar-refractivity contribution < 1.29 is 4.74 Å². The molecule has 1 N–H and O–H groups in total. The van der Waals surface area contributed by atoms with Crippen LogP contribution in [0.2, 0.25) is 0 Å². The van der Waals surface area contributed by atoms with Crippen molar-refractivity contribution in [1.29, 1.82) is 0 Å². The van der Waals surface area contributed by atoms with Gasteiger partial charge in [-0.3, -0.25) is 0 Å². The Balaban J connectivity index is 2.05. The zero-order valence-corrected chi connectivity index (χ0v) is 12.0. The highest BCUT2D eigenvalue weighted by Gasteiger charge is 2.34. The Morgan fingerprint density at radius 3 is 2.78 bits per heavy atom. The van der Waals surface area contributed by atoms with Gasteiger partial charge in [0.15, 0.2) is 0 Å². The summed E-state index contributed by atoms with van der Waals surface area (Å²) in [5, 5.41) is 3.78. The van der Waals surface area contributed by atoms with Gasteiger partial charge in [-0.1, -0.05) is 32.4 Å². The lowest BCUT2D eigenvalue weighted by molar-refractivity contribution is 0.266. The number of methoxy groups -OCH3 is 1. The van der Waals surface area contributed by atoms with E-state index >= 15 is 0 Å². The summed E-state index contributed by atoms with van der Waals surface area (Å²) in [6.07, 6.45) is 3.96. The highest BCUT2D eigenvalue weighted by molar-refractivity contribution is 5.30. The Bertz CT molecular complexity index is 400. The lowest BCUT2D eigenvalue weighted by Gasteiger charge is -2.31. The van der Waals surface area contributed by atoms with Crippen LogP contribution >= 0.6 is 0 Å². The van der Waals surface area contributed by atoms with Gasteiger partial charge in [-0.2, -0.15) is 0 Å². The number of benzene rings is 1. The number of ether oxygens (including phenoxy) is 1. The van der Waals surface area contributed by atoms with Crippen LogP contribution in [0, 0.1) is 5.41 Å². The summed E-state index contributed by atoms with van der Waals surface area (Å²) in [4.78, 5) is 0. The minimum atomic E-state index is 0.377. The molecule has 2 heteroatoms. The molecule has 1 aliphatic rings. The molecule has 0 radical (unpaired) electrons. The molecule has 1 aromatic rings. The van der Waals surface area contributed by atoms with E-state index in [1.165, 1.54) is 24.8 Å². The molecule has 1 aromatic carbocycles. The number of hydrogen-bond donors (Lipinski definition) is 1. The van der Waals surface area contributed by atoms with Crippen molar-refractivity contribution in [1.82, 2.24) is 5.32 Å². The zero-order valence-electron chi connectivity index (χ0n) is 12.0. The minimum Gasteiger partial charge on any atom is -0.497 e. The maximum absolute atomic E-state index is 5.29. The minimum absolute atomic E-state index is 0.377. The van der Waals surface area contributed by atoms with Crippen LogP contribution in [0.5, 0.6) is 5.75 Å². The third-order valence-corrected chi connectivity index (χ3v) is 4.30. The van der Waals surface area contributed by atoms with E-state index in [1.807, 2.05) is 6.07 Å². The summed E-state index contributed by atoms with van der Waals surface area (Å²) in [6, 6.07) is 9.35. The van der Waals surface area contributed by atoms with Crippen LogP contribution in [0.4, 0.5) is 0 Å². The Hall–Kier alpha value is -1.02. The molecule has 0 amide bonds. The van der Waals surface area contributed by atoms with Crippen LogP contribution in [-0.4, -0.2) is 13.2 Å². The zero-order chi connectivity index (χ0) is 13.2. The van der Waals surface area contributed by atoms with E-state index in [1.54, 1.807) is 7.11 Å². The van der Waals surface area contributed by atoms with Crippen LogP contribution < -0.4 is 10.1 Å². The second-order valence-electron chi connectivity index (χ2n) is 6.10. The molecule has 18 heavy (non-hydrogen) atoms. The maximum Gasteiger partial charge on any atom is 0.119 e. The second kappa shape index (κ2) is 5.31. The Labute approximate surface area is 111 Å². The van der Waals surface area contributed by atoms with Crippen LogP contribution in [-0.2, 0) is 0 Å². The predicted octanol–water partition coefficient (Wildman–Crippen LogP) is 3.92. The van der Waals surface area contributed by atoms with Crippen LogP contribution in [0.15, 0.2) is 24.3 Å². The molecule has 2 atom stereocenters. The lowest BCUT2D eigenvalue weighted by Crippen LogP contribution is -2.39. The van der Waals surface area contributed by atoms with Crippen molar-refractivity contribution in [3.05, 3.63) is 29.8 Å². The molecule has 2 nitrogen and oxygen atoms in total. The summed E-state index contributed by atoms with van der Waals surface area (Å²) >= 11 is 0. The molecule has 0 aromatic heterocycles. The van der Waals surface area contributed by atoms with Gasteiger partial charge in [0.25, 0.3) is 0 Å². The maximum atomic E-state index is 5.29. The molecule has 100 valence electrons. The van der Waals surface area contributed by atoms with E-state index in [9.17, 15) is 0 Å². The molecule has 1 saturated carbocycles. The standard InChI is InChI=1S/C16H25NO/c1-12(13-7-5-8-14(11-13)18-4)17-15-9-6-10-16(15,2)3/h5,7-8,11-12,15,17H,6,9-10H2,1-4H3/t12-,15?/m0/s1. The molecule has 0 heterocycles. The summed E-state index contributed by atoms with van der Waals surface area (Å²) in [5.41, 5.74) is 1.73. The van der Waals surface area contributed by atoms with Gasteiger partial charge in [-0.15, -0.1) is 0 Å². The monoisotopic (exact) mass is 247 g/mol. The van der Waals surface area contributed by atoms with E-state index in [0.29, 0.717) is 17.5 Å². The van der Waals surface area contributed by atoms with Crippen LogP contribution in [0.1, 0.15) is 51.6 Å². The van der Waals surface area contributed by atoms with Gasteiger partial charge in [-0.25, -0.2) is 0 Å². The molecular weight excluding hydrogens is 222 g/mol. The first kappa shape index (κ1) is 13.4. The molecular formula is C16H25NO. The fourth-order valence-corrected chi connectivity index (χ4v) is 2.94. The van der Waals surface area contributed by atoms with E-state index < -0.39 is 0 Å². The second-order valence-corrected chi connectivity index (χ2v) is 6.10. The fourth-order valence-electron chi connectivity index (χ4n) is 2.94. The summed E-state index contributed by atoms with van der Waals surface area (Å²) in [7, 11) is 1.72. The first-order chi connectivity index (χ1) is 8.53. The first-order valence-corrected chi connectivity index (χ1v) is 6.93. The average molecular weight is 247 g/mol. The van der Waals surface area contributed by atoms with Crippen LogP contribution in [0.3, 0.4) is 0 Å². The Morgan fingerprint density at radius 2 is 2.17 bits per heavy atom. The van der Waals surface area contributed by atoms with Crippen molar-refractivity contribution in [3.63, 3.8) is 0 Å². The Kier molecular flexibility index (Phi) is 3.96. The van der Waals surface area contributed by atoms with Gasteiger partial charge in [0, 0.05) is 12.1 Å². The lowest BCUT2D eigenvalue weighted by atomic mass is 9.86. The third-order valence-electron chi connectivity index (χ3n) is 4.30. The van der Waals surface area contributed by atoms with Crippen molar-refractivity contribution in [2.24, 2.45) is 5.41 Å². The third kappa shape index (κ3) is 2.86. The average Bonchev–Trinajstić information content (AvgIpc) is 2.69. The normalized spacial score (nSPS) is 23.9. The first-order valence-electron chi connectivity index (χ1n) is 6.93. The van der Waals surface area contributed by atoms with Gasteiger partial charge >= 0.3 is 0 Å². The molecule has 1 unspecified atom stereocenters. The quantitative estimate of drug-likeness (QED) is 0.870. The number of nitrogens with one attached hydrogen (secondary N) is 1. The number of rotatable bonds is 4. The molecule has 1 fully saturated rings. The van der Waals surface area contributed by atoms with Gasteiger partial charge in [0.05, 0.1) is 7.11 Å². The highest BCUT2D eigenvalue weighted by atomic mass is 16.5. The van der Waals surface area contributed by atoms with Gasteiger partial charge in [0.1, 0.15) is 5.75 Å². The van der Waals surface area contributed by atoms with E-state index in [-0.39, 0.29) is 0 Å². The molecule has 2 rings (SSSR count). The van der Waals surface area contributed by atoms with E-state index in [2.05, 4.69) is 44.3 Å². The highest BCUT2D eigenvalue weighted by Crippen LogP contribution is 2.38. The van der Waals surface area contributed by atoms with Crippen molar-refractivity contribution in [3.8, 4) is 5.75 Å². The SMILES string of the molecule is COc1cccc([C@H](C)NC2CCCC2(C)C)c1. The smallest absolute Gasteiger partial charge is 0.119 e.